The third kappa shape index (κ3) is 4.55. The summed E-state index contributed by atoms with van der Waals surface area (Å²) in [6.07, 6.45) is 0.237. The molecule has 0 aliphatic rings. The summed E-state index contributed by atoms with van der Waals surface area (Å²) >= 11 is 6.06. The smallest absolute Gasteiger partial charge is 0.228 e. The molecule has 2 aromatic carbocycles. The lowest BCUT2D eigenvalue weighted by Crippen LogP contribution is -2.15. The van der Waals surface area contributed by atoms with Crippen molar-refractivity contribution in [3.8, 4) is 17.2 Å². The molecule has 1 N–H and O–H groups in total. The summed E-state index contributed by atoms with van der Waals surface area (Å²) in [5.41, 5.74) is 1.39. The molecule has 5 nitrogen and oxygen atoms in total. The van der Waals surface area contributed by atoms with Crippen LogP contribution in [0.5, 0.6) is 17.2 Å². The summed E-state index contributed by atoms with van der Waals surface area (Å²) in [7, 11) is 3.03. The maximum absolute atomic E-state index is 12.3. The van der Waals surface area contributed by atoms with Crippen molar-refractivity contribution in [1.82, 2.24) is 0 Å². The summed E-state index contributed by atoms with van der Waals surface area (Å²) in [6.45, 7) is 2.53. The van der Waals surface area contributed by atoms with Gasteiger partial charge < -0.3 is 19.5 Å². The van der Waals surface area contributed by atoms with Gasteiger partial charge in [0.1, 0.15) is 17.2 Å². The molecule has 0 aliphatic heterocycles. The predicted octanol–water partition coefficient (Wildman–Crippen LogP) is 3.94. The molecule has 0 aliphatic carbocycles. The molecule has 2 aromatic rings. The Labute approximate surface area is 146 Å². The van der Waals surface area contributed by atoms with E-state index in [1.54, 1.807) is 12.1 Å². The van der Waals surface area contributed by atoms with Crippen molar-refractivity contribution in [3.63, 3.8) is 0 Å². The Morgan fingerprint density at radius 2 is 1.75 bits per heavy atom. The molecule has 0 bridgehead atoms. The normalized spacial score (nSPS) is 10.2. The van der Waals surface area contributed by atoms with Gasteiger partial charge in [-0.1, -0.05) is 23.7 Å². The lowest BCUT2D eigenvalue weighted by Gasteiger charge is -2.13. The fourth-order valence-corrected chi connectivity index (χ4v) is 2.44. The molecule has 0 unspecified atom stereocenters. The van der Waals surface area contributed by atoms with Crippen LogP contribution in [-0.4, -0.2) is 26.7 Å². The number of benzene rings is 2. The van der Waals surface area contributed by atoms with Gasteiger partial charge in [0.15, 0.2) is 0 Å². The van der Waals surface area contributed by atoms with E-state index in [1.165, 1.54) is 14.2 Å². The van der Waals surface area contributed by atoms with Crippen LogP contribution >= 0.6 is 11.6 Å². The molecule has 0 atom stereocenters. The quantitative estimate of drug-likeness (QED) is 0.822. The van der Waals surface area contributed by atoms with E-state index in [2.05, 4.69) is 5.32 Å². The van der Waals surface area contributed by atoms with E-state index < -0.39 is 0 Å². The fraction of sp³-hybridized carbons (Fsp3) is 0.278. The minimum Gasteiger partial charge on any atom is -0.495 e. The van der Waals surface area contributed by atoms with Crippen molar-refractivity contribution in [1.29, 1.82) is 0 Å². The molecule has 0 spiro atoms. The Hall–Kier alpha value is -2.40. The van der Waals surface area contributed by atoms with Gasteiger partial charge >= 0.3 is 0 Å². The molecule has 6 heteroatoms. The highest BCUT2D eigenvalue weighted by molar-refractivity contribution is 6.32. The first-order valence-electron chi connectivity index (χ1n) is 7.50. The summed E-state index contributed by atoms with van der Waals surface area (Å²) in [5, 5.41) is 3.23. The van der Waals surface area contributed by atoms with Crippen LogP contribution in [0, 0.1) is 0 Å². The molecule has 0 fully saturated rings. The molecule has 0 heterocycles. The maximum Gasteiger partial charge on any atom is 0.228 e. The van der Waals surface area contributed by atoms with Gasteiger partial charge in [-0.05, 0) is 24.6 Å². The monoisotopic (exact) mass is 349 g/mol. The standard InChI is InChI=1S/C18H20ClNO4/c1-4-24-13-7-5-12(6-8-13)9-18(21)20-15-11-16(22-2)14(19)10-17(15)23-3/h5-8,10-11H,4,9H2,1-3H3,(H,20,21). The number of carbonyl (C=O) groups is 1. The Balaban J connectivity index is 2.09. The lowest BCUT2D eigenvalue weighted by atomic mass is 10.1. The first kappa shape index (κ1) is 17.9. The zero-order chi connectivity index (χ0) is 17.5. The number of anilines is 1. The Morgan fingerprint density at radius 3 is 2.33 bits per heavy atom. The summed E-state index contributed by atoms with van der Waals surface area (Å²) in [6, 6.07) is 10.7. The third-order valence-corrected chi connectivity index (χ3v) is 3.64. The summed E-state index contributed by atoms with van der Waals surface area (Å²) in [5.74, 6) is 1.56. The van der Waals surface area contributed by atoms with Crippen molar-refractivity contribution in [2.75, 3.05) is 26.1 Å². The number of hydrogen-bond donors (Lipinski definition) is 1. The number of amides is 1. The van der Waals surface area contributed by atoms with Gasteiger partial charge in [-0.15, -0.1) is 0 Å². The number of nitrogens with one attached hydrogen (secondary N) is 1. The van der Waals surface area contributed by atoms with Crippen molar-refractivity contribution >= 4 is 23.2 Å². The van der Waals surface area contributed by atoms with Gasteiger partial charge in [0.05, 0.1) is 38.0 Å². The molecule has 24 heavy (non-hydrogen) atoms. The SMILES string of the molecule is CCOc1ccc(CC(=O)Nc2cc(OC)c(Cl)cc2OC)cc1. The molecule has 0 aromatic heterocycles. The molecule has 1 amide bonds. The van der Waals surface area contributed by atoms with E-state index >= 15 is 0 Å². The lowest BCUT2D eigenvalue weighted by molar-refractivity contribution is -0.115. The average molecular weight is 350 g/mol. The van der Waals surface area contributed by atoms with Gasteiger partial charge in [-0.25, -0.2) is 0 Å². The number of hydrogen-bond acceptors (Lipinski definition) is 4. The first-order valence-corrected chi connectivity index (χ1v) is 7.88. The second-order valence-corrected chi connectivity index (χ2v) is 5.40. The first-order chi connectivity index (χ1) is 11.6. The van der Waals surface area contributed by atoms with Crippen LogP contribution < -0.4 is 19.5 Å². The van der Waals surface area contributed by atoms with E-state index in [4.69, 9.17) is 25.8 Å². The minimum absolute atomic E-state index is 0.165. The molecular weight excluding hydrogens is 330 g/mol. The van der Waals surface area contributed by atoms with Crippen LogP contribution in [0.3, 0.4) is 0 Å². The molecule has 0 radical (unpaired) electrons. The topological polar surface area (TPSA) is 56.8 Å². The number of halogens is 1. The van der Waals surface area contributed by atoms with Crippen LogP contribution in [0.4, 0.5) is 5.69 Å². The van der Waals surface area contributed by atoms with E-state index in [0.29, 0.717) is 28.8 Å². The molecule has 2 rings (SSSR count). The van der Waals surface area contributed by atoms with Crippen LogP contribution in [0.25, 0.3) is 0 Å². The fourth-order valence-electron chi connectivity index (χ4n) is 2.21. The highest BCUT2D eigenvalue weighted by atomic mass is 35.5. The molecular formula is C18H20ClNO4. The van der Waals surface area contributed by atoms with Crippen LogP contribution in [-0.2, 0) is 11.2 Å². The molecule has 128 valence electrons. The second kappa shape index (κ2) is 8.45. The third-order valence-electron chi connectivity index (χ3n) is 3.35. The van der Waals surface area contributed by atoms with Crippen LogP contribution in [0.2, 0.25) is 5.02 Å². The van der Waals surface area contributed by atoms with Gasteiger partial charge in [-0.3, -0.25) is 4.79 Å². The number of ether oxygens (including phenoxy) is 3. The summed E-state index contributed by atoms with van der Waals surface area (Å²) in [4.78, 5) is 12.3. The Morgan fingerprint density at radius 1 is 1.08 bits per heavy atom. The van der Waals surface area contributed by atoms with E-state index in [-0.39, 0.29) is 12.3 Å². The van der Waals surface area contributed by atoms with Gasteiger partial charge in [0.2, 0.25) is 5.91 Å². The highest BCUT2D eigenvalue weighted by Crippen LogP contribution is 2.35. The minimum atomic E-state index is -0.165. The van der Waals surface area contributed by atoms with Crippen LogP contribution in [0.1, 0.15) is 12.5 Å². The Bertz CT molecular complexity index is 701. The summed E-state index contributed by atoms with van der Waals surface area (Å²) < 4.78 is 15.8. The highest BCUT2D eigenvalue weighted by Gasteiger charge is 2.13. The van der Waals surface area contributed by atoms with Gasteiger partial charge in [0.25, 0.3) is 0 Å². The zero-order valence-electron chi connectivity index (χ0n) is 13.9. The predicted molar refractivity (Wildman–Crippen MR) is 94.5 cm³/mol. The van der Waals surface area contributed by atoms with Gasteiger partial charge in [0, 0.05) is 12.1 Å². The van der Waals surface area contributed by atoms with Crippen LogP contribution in [0.15, 0.2) is 36.4 Å². The average Bonchev–Trinajstić information content (AvgIpc) is 2.58. The zero-order valence-corrected chi connectivity index (χ0v) is 14.6. The molecule has 0 saturated heterocycles. The van der Waals surface area contributed by atoms with Gasteiger partial charge in [-0.2, -0.15) is 0 Å². The van der Waals surface area contributed by atoms with E-state index in [0.717, 1.165) is 11.3 Å². The van der Waals surface area contributed by atoms with E-state index in [1.807, 2.05) is 31.2 Å². The van der Waals surface area contributed by atoms with Crippen molar-refractivity contribution in [3.05, 3.63) is 47.0 Å². The second-order valence-electron chi connectivity index (χ2n) is 4.99. The van der Waals surface area contributed by atoms with Crippen molar-refractivity contribution in [2.24, 2.45) is 0 Å². The largest absolute Gasteiger partial charge is 0.495 e. The van der Waals surface area contributed by atoms with E-state index in [9.17, 15) is 4.79 Å². The van der Waals surface area contributed by atoms with Crippen molar-refractivity contribution in [2.45, 2.75) is 13.3 Å². The van der Waals surface area contributed by atoms with Crippen molar-refractivity contribution < 1.29 is 19.0 Å². The number of rotatable bonds is 7. The molecule has 0 saturated carbocycles. The number of methoxy groups -OCH3 is 2. The maximum atomic E-state index is 12.3. The Kier molecular flexibility index (Phi) is 6.32. The number of carbonyl (C=O) groups excluding carboxylic acids is 1.